The van der Waals surface area contributed by atoms with E-state index in [2.05, 4.69) is 5.16 Å². The molecule has 0 aromatic heterocycles. The number of carbonyl (C=O) groups is 2. The van der Waals surface area contributed by atoms with E-state index >= 15 is 0 Å². The van der Waals surface area contributed by atoms with Crippen LogP contribution in [-0.2, 0) is 14.4 Å². The van der Waals surface area contributed by atoms with E-state index in [0.29, 0.717) is 17.0 Å². The molecule has 4 rings (SSSR count). The van der Waals surface area contributed by atoms with Gasteiger partial charge in [0.2, 0.25) is 11.5 Å². The lowest BCUT2D eigenvalue weighted by atomic mass is 9.92. The van der Waals surface area contributed by atoms with Gasteiger partial charge in [0.05, 0.1) is 22.7 Å². The maximum atomic E-state index is 12.9. The zero-order chi connectivity index (χ0) is 18.3. The Bertz CT molecular complexity index is 939. The highest BCUT2D eigenvalue weighted by atomic mass is 16.7. The van der Waals surface area contributed by atoms with Gasteiger partial charge in [-0.2, -0.15) is 0 Å². The van der Waals surface area contributed by atoms with Gasteiger partial charge in [0.1, 0.15) is 0 Å². The molecule has 0 radical (unpaired) electrons. The summed E-state index contributed by atoms with van der Waals surface area (Å²) < 4.78 is 0. The number of hydrogen-bond donors (Lipinski definition) is 0. The first-order chi connectivity index (χ1) is 12.5. The van der Waals surface area contributed by atoms with Crippen LogP contribution in [0.4, 0.5) is 11.4 Å². The van der Waals surface area contributed by atoms with Crippen LogP contribution in [0.2, 0.25) is 0 Å². The molecular formula is C18H13N3O5. The molecule has 1 atom stereocenters. The number of rotatable bonds is 3. The number of amides is 2. The molecule has 2 aliphatic rings. The molecule has 26 heavy (non-hydrogen) atoms. The molecular weight excluding hydrogens is 338 g/mol. The molecule has 2 aromatic rings. The molecule has 0 aliphatic carbocycles. The van der Waals surface area contributed by atoms with Crippen LogP contribution in [0.3, 0.4) is 0 Å². The number of para-hydroxylation sites is 1. The Balaban J connectivity index is 1.58. The first kappa shape index (κ1) is 15.9. The van der Waals surface area contributed by atoms with Gasteiger partial charge in [-0.3, -0.25) is 19.7 Å². The van der Waals surface area contributed by atoms with Crippen molar-refractivity contribution in [3.8, 4) is 0 Å². The molecule has 130 valence electrons. The van der Waals surface area contributed by atoms with Crippen molar-refractivity contribution in [3.63, 3.8) is 0 Å². The van der Waals surface area contributed by atoms with Crippen molar-refractivity contribution in [3.05, 3.63) is 70.3 Å². The SMILES string of the molecule is O=C1CC2(CC(c3ccc([N+](=O)[O-])cc3)=NO2)C(=O)N1c1ccccc1. The molecule has 0 bridgehead atoms. The maximum absolute atomic E-state index is 12.9. The molecule has 1 spiro atoms. The van der Waals surface area contributed by atoms with Gasteiger partial charge in [-0.05, 0) is 29.8 Å². The van der Waals surface area contributed by atoms with E-state index in [1.807, 2.05) is 0 Å². The molecule has 2 heterocycles. The van der Waals surface area contributed by atoms with Gasteiger partial charge in [-0.1, -0.05) is 23.4 Å². The van der Waals surface area contributed by atoms with Gasteiger partial charge in [0, 0.05) is 18.6 Å². The van der Waals surface area contributed by atoms with E-state index in [0.717, 1.165) is 4.90 Å². The molecule has 2 aliphatic heterocycles. The summed E-state index contributed by atoms with van der Waals surface area (Å²) in [4.78, 5) is 42.1. The van der Waals surface area contributed by atoms with Crippen LogP contribution in [0.5, 0.6) is 0 Å². The number of nitro groups is 1. The fraction of sp³-hybridized carbons (Fsp3) is 0.167. The first-order valence-electron chi connectivity index (χ1n) is 7.92. The van der Waals surface area contributed by atoms with Crippen LogP contribution < -0.4 is 4.90 Å². The topological polar surface area (TPSA) is 102 Å². The van der Waals surface area contributed by atoms with Crippen molar-refractivity contribution < 1.29 is 19.3 Å². The summed E-state index contributed by atoms with van der Waals surface area (Å²) in [6.45, 7) is 0. The zero-order valence-corrected chi connectivity index (χ0v) is 13.5. The minimum Gasteiger partial charge on any atom is -0.378 e. The predicted molar refractivity (Wildman–Crippen MR) is 91.6 cm³/mol. The van der Waals surface area contributed by atoms with Crippen molar-refractivity contribution in [2.75, 3.05) is 4.90 Å². The third-order valence-electron chi connectivity index (χ3n) is 4.49. The number of non-ortho nitro benzene ring substituents is 1. The molecule has 1 unspecified atom stereocenters. The summed E-state index contributed by atoms with van der Waals surface area (Å²) in [6, 6.07) is 14.5. The Morgan fingerprint density at radius 2 is 1.73 bits per heavy atom. The molecule has 2 aromatic carbocycles. The van der Waals surface area contributed by atoms with Gasteiger partial charge >= 0.3 is 0 Å². The minimum atomic E-state index is -1.34. The van der Waals surface area contributed by atoms with Crippen LogP contribution in [-0.4, -0.2) is 28.1 Å². The standard InChI is InChI=1S/C18H13N3O5/c22-16-11-18(17(23)20(16)13-4-2-1-3-5-13)10-15(19-26-18)12-6-8-14(9-7-12)21(24)25/h1-9H,10-11H2. The lowest BCUT2D eigenvalue weighted by Crippen LogP contribution is -2.40. The van der Waals surface area contributed by atoms with Crippen LogP contribution in [0.15, 0.2) is 59.8 Å². The zero-order valence-electron chi connectivity index (χ0n) is 13.5. The van der Waals surface area contributed by atoms with E-state index in [1.54, 1.807) is 42.5 Å². The molecule has 1 fully saturated rings. The Hall–Kier alpha value is -3.55. The largest absolute Gasteiger partial charge is 0.378 e. The van der Waals surface area contributed by atoms with Crippen molar-refractivity contribution in [2.24, 2.45) is 5.16 Å². The number of imide groups is 1. The molecule has 8 nitrogen and oxygen atoms in total. The number of nitro benzene ring substituents is 1. The average molecular weight is 351 g/mol. The summed E-state index contributed by atoms with van der Waals surface area (Å²) >= 11 is 0. The summed E-state index contributed by atoms with van der Waals surface area (Å²) in [5.74, 6) is -0.796. The van der Waals surface area contributed by atoms with Crippen molar-refractivity contribution in [2.45, 2.75) is 18.4 Å². The number of oxime groups is 1. The Kier molecular flexibility index (Phi) is 3.54. The minimum absolute atomic E-state index is 0.0367. The second-order valence-electron chi connectivity index (χ2n) is 6.15. The van der Waals surface area contributed by atoms with Crippen molar-refractivity contribution in [1.82, 2.24) is 0 Å². The molecule has 0 saturated carbocycles. The highest BCUT2D eigenvalue weighted by Crippen LogP contribution is 2.39. The number of benzene rings is 2. The van der Waals surface area contributed by atoms with Gasteiger partial charge in [-0.25, -0.2) is 4.90 Å². The second-order valence-corrected chi connectivity index (χ2v) is 6.15. The van der Waals surface area contributed by atoms with Crippen molar-refractivity contribution in [1.29, 1.82) is 0 Å². The fourth-order valence-corrected chi connectivity index (χ4v) is 3.17. The highest BCUT2D eigenvalue weighted by molar-refractivity contribution is 6.25. The third kappa shape index (κ3) is 2.43. The summed E-state index contributed by atoms with van der Waals surface area (Å²) in [5.41, 5.74) is 0.211. The smallest absolute Gasteiger partial charge is 0.281 e. The van der Waals surface area contributed by atoms with E-state index in [4.69, 9.17) is 4.84 Å². The van der Waals surface area contributed by atoms with Gasteiger partial charge in [-0.15, -0.1) is 0 Å². The van der Waals surface area contributed by atoms with Crippen molar-refractivity contribution >= 4 is 28.9 Å². The molecule has 1 saturated heterocycles. The predicted octanol–water partition coefficient (Wildman–Crippen LogP) is 2.42. The van der Waals surface area contributed by atoms with Gasteiger partial charge in [0.15, 0.2) is 0 Å². The van der Waals surface area contributed by atoms with Gasteiger partial charge in [0.25, 0.3) is 11.6 Å². The summed E-state index contributed by atoms with van der Waals surface area (Å²) in [7, 11) is 0. The molecule has 8 heteroatoms. The summed E-state index contributed by atoms with van der Waals surface area (Å²) in [6.07, 6.45) is 0.0411. The lowest BCUT2D eigenvalue weighted by Gasteiger charge is -2.19. The normalized spacial score (nSPS) is 21.8. The second kappa shape index (κ2) is 5.76. The Morgan fingerprint density at radius 3 is 2.38 bits per heavy atom. The highest BCUT2D eigenvalue weighted by Gasteiger charge is 2.58. The van der Waals surface area contributed by atoms with E-state index < -0.39 is 16.4 Å². The first-order valence-corrected chi connectivity index (χ1v) is 7.92. The third-order valence-corrected chi connectivity index (χ3v) is 4.49. The van der Waals surface area contributed by atoms with Crippen LogP contribution in [0.25, 0.3) is 0 Å². The number of nitrogens with zero attached hydrogens (tertiary/aromatic N) is 3. The average Bonchev–Trinajstić information content (AvgIpc) is 3.17. The molecule has 0 N–H and O–H groups in total. The van der Waals surface area contributed by atoms with Crippen LogP contribution >= 0.6 is 0 Å². The Morgan fingerprint density at radius 1 is 1.04 bits per heavy atom. The van der Waals surface area contributed by atoms with E-state index in [9.17, 15) is 19.7 Å². The van der Waals surface area contributed by atoms with Crippen LogP contribution in [0, 0.1) is 10.1 Å². The number of hydrogen-bond acceptors (Lipinski definition) is 6. The Labute approximate surface area is 147 Å². The monoisotopic (exact) mass is 351 g/mol. The fourth-order valence-electron chi connectivity index (χ4n) is 3.17. The van der Waals surface area contributed by atoms with E-state index in [1.165, 1.54) is 12.1 Å². The van der Waals surface area contributed by atoms with E-state index in [-0.39, 0.29) is 24.4 Å². The molecule has 2 amide bonds. The lowest BCUT2D eigenvalue weighted by molar-refractivity contribution is -0.384. The number of anilines is 1. The quantitative estimate of drug-likeness (QED) is 0.480. The maximum Gasteiger partial charge on any atom is 0.281 e. The summed E-state index contributed by atoms with van der Waals surface area (Å²) in [5, 5.41) is 14.7. The van der Waals surface area contributed by atoms with Crippen LogP contribution in [0.1, 0.15) is 18.4 Å². The van der Waals surface area contributed by atoms with Gasteiger partial charge < -0.3 is 4.84 Å². The number of carbonyl (C=O) groups excluding carboxylic acids is 2.